The van der Waals surface area contributed by atoms with E-state index < -0.39 is 45.8 Å². The van der Waals surface area contributed by atoms with E-state index in [9.17, 15) is 35.2 Å². The van der Waals surface area contributed by atoms with Gasteiger partial charge < -0.3 is 5.32 Å². The number of nitrogens with zero attached hydrogens (tertiary/aromatic N) is 1. The molecule has 2 aromatic carbocycles. The number of hydrogen-bond acceptors (Lipinski definition) is 3. The van der Waals surface area contributed by atoms with Crippen molar-refractivity contribution in [2.24, 2.45) is 0 Å². The highest BCUT2D eigenvalue weighted by molar-refractivity contribution is 7.92. The molecule has 0 saturated carbocycles. The van der Waals surface area contributed by atoms with E-state index in [2.05, 4.69) is 5.32 Å². The average molecular weight is 408 g/mol. The Labute approximate surface area is 151 Å². The van der Waals surface area contributed by atoms with Crippen LogP contribution in [0.25, 0.3) is 0 Å². The first kappa shape index (κ1) is 20.6. The summed E-state index contributed by atoms with van der Waals surface area (Å²) in [6, 6.07) is 5.98. The van der Waals surface area contributed by atoms with Crippen molar-refractivity contribution < 1.29 is 35.2 Å². The zero-order valence-corrected chi connectivity index (χ0v) is 14.5. The van der Waals surface area contributed by atoms with Crippen LogP contribution in [0.1, 0.15) is 5.56 Å². The third-order valence-electron chi connectivity index (χ3n) is 3.35. The van der Waals surface area contributed by atoms with Crippen LogP contribution in [0.5, 0.6) is 0 Å². The van der Waals surface area contributed by atoms with E-state index in [1.807, 2.05) is 0 Å². The molecule has 0 radical (unpaired) electrons. The molecule has 11 heteroatoms. The zero-order valence-electron chi connectivity index (χ0n) is 13.7. The molecule has 0 bridgehead atoms. The summed E-state index contributed by atoms with van der Waals surface area (Å²) in [5.41, 5.74) is -1.51. The quantitative estimate of drug-likeness (QED) is 0.772. The fourth-order valence-electron chi connectivity index (χ4n) is 2.14. The maximum Gasteiger partial charge on any atom is 0.416 e. The minimum Gasteiger partial charge on any atom is -0.325 e. The van der Waals surface area contributed by atoms with Crippen molar-refractivity contribution in [3.63, 3.8) is 0 Å². The molecular formula is C16H13F5N2O3S. The van der Waals surface area contributed by atoms with Crippen LogP contribution in [0.15, 0.2) is 42.5 Å². The number of benzene rings is 2. The molecule has 0 spiro atoms. The Morgan fingerprint density at radius 3 is 2.30 bits per heavy atom. The number of alkyl halides is 3. The van der Waals surface area contributed by atoms with Crippen molar-refractivity contribution in [1.29, 1.82) is 0 Å². The molecule has 0 atom stereocenters. The molecule has 0 aliphatic rings. The van der Waals surface area contributed by atoms with Crippen LogP contribution in [-0.4, -0.2) is 27.1 Å². The highest BCUT2D eigenvalue weighted by Gasteiger charge is 2.30. The summed E-state index contributed by atoms with van der Waals surface area (Å²) in [5.74, 6) is -3.50. The molecule has 1 amide bonds. The van der Waals surface area contributed by atoms with E-state index in [0.717, 1.165) is 24.5 Å². The Hall–Kier alpha value is -2.69. The Kier molecular flexibility index (Phi) is 5.73. The first-order chi connectivity index (χ1) is 12.4. The molecule has 2 rings (SSSR count). The molecule has 1 N–H and O–H groups in total. The predicted molar refractivity (Wildman–Crippen MR) is 88.6 cm³/mol. The normalized spacial score (nSPS) is 11.9. The van der Waals surface area contributed by atoms with Crippen molar-refractivity contribution >= 4 is 27.3 Å². The van der Waals surface area contributed by atoms with Gasteiger partial charge in [-0.1, -0.05) is 6.07 Å². The third kappa shape index (κ3) is 5.39. The Morgan fingerprint density at radius 2 is 1.74 bits per heavy atom. The van der Waals surface area contributed by atoms with Crippen LogP contribution in [-0.2, 0) is 21.0 Å². The molecule has 27 heavy (non-hydrogen) atoms. The average Bonchev–Trinajstić information content (AvgIpc) is 2.54. The van der Waals surface area contributed by atoms with Crippen molar-refractivity contribution in [2.75, 3.05) is 22.4 Å². The number of carbonyl (C=O) groups is 1. The fraction of sp³-hybridized carbons (Fsp3) is 0.188. The first-order valence-corrected chi connectivity index (χ1v) is 9.12. The molecule has 146 valence electrons. The number of hydrogen-bond donors (Lipinski definition) is 1. The van der Waals surface area contributed by atoms with Gasteiger partial charge in [-0.3, -0.25) is 9.10 Å². The number of nitrogens with one attached hydrogen (secondary N) is 1. The molecule has 0 saturated heterocycles. The summed E-state index contributed by atoms with van der Waals surface area (Å²) >= 11 is 0. The van der Waals surface area contributed by atoms with E-state index in [-0.39, 0.29) is 11.4 Å². The lowest BCUT2D eigenvalue weighted by molar-refractivity contribution is -0.137. The Balaban J connectivity index is 2.23. The smallest absolute Gasteiger partial charge is 0.325 e. The first-order valence-electron chi connectivity index (χ1n) is 7.28. The molecule has 0 fully saturated rings. The van der Waals surface area contributed by atoms with E-state index in [4.69, 9.17) is 0 Å². The molecule has 5 nitrogen and oxygen atoms in total. The Morgan fingerprint density at radius 1 is 1.07 bits per heavy atom. The summed E-state index contributed by atoms with van der Waals surface area (Å²) in [6.45, 7) is -0.847. The van der Waals surface area contributed by atoms with E-state index in [1.54, 1.807) is 0 Å². The maximum atomic E-state index is 13.4. The lowest BCUT2D eigenvalue weighted by Crippen LogP contribution is -2.37. The van der Waals surface area contributed by atoms with Gasteiger partial charge in [-0.25, -0.2) is 17.2 Å². The van der Waals surface area contributed by atoms with Gasteiger partial charge in [0.1, 0.15) is 6.54 Å². The van der Waals surface area contributed by atoms with E-state index in [0.29, 0.717) is 22.5 Å². The van der Waals surface area contributed by atoms with Gasteiger partial charge in [0.05, 0.1) is 17.5 Å². The van der Waals surface area contributed by atoms with Gasteiger partial charge in [-0.2, -0.15) is 13.2 Å². The highest BCUT2D eigenvalue weighted by Crippen LogP contribution is 2.30. The minimum absolute atomic E-state index is 0.200. The lowest BCUT2D eigenvalue weighted by Gasteiger charge is -2.22. The van der Waals surface area contributed by atoms with Gasteiger partial charge in [0, 0.05) is 11.8 Å². The second-order valence-corrected chi connectivity index (χ2v) is 7.40. The van der Waals surface area contributed by atoms with E-state index in [1.165, 1.54) is 6.07 Å². The molecule has 0 aliphatic heterocycles. The summed E-state index contributed by atoms with van der Waals surface area (Å²) in [4.78, 5) is 12.1. The highest BCUT2D eigenvalue weighted by atomic mass is 32.2. The molecule has 2 aromatic rings. The second-order valence-electron chi connectivity index (χ2n) is 5.49. The Bertz CT molecular complexity index is 961. The summed E-state index contributed by atoms with van der Waals surface area (Å²) < 4.78 is 88.7. The van der Waals surface area contributed by atoms with Gasteiger partial charge in [0.2, 0.25) is 15.9 Å². The van der Waals surface area contributed by atoms with Crippen LogP contribution in [0, 0.1) is 11.6 Å². The number of rotatable bonds is 5. The maximum absolute atomic E-state index is 13.4. The SMILES string of the molecule is CS(=O)(=O)N(CC(=O)Nc1cccc(C(F)(F)F)c1)c1ccc(F)c(F)c1. The lowest BCUT2D eigenvalue weighted by atomic mass is 10.2. The van der Waals surface area contributed by atoms with Gasteiger partial charge in [-0.15, -0.1) is 0 Å². The van der Waals surface area contributed by atoms with Gasteiger partial charge in [0.25, 0.3) is 0 Å². The molecule has 0 unspecified atom stereocenters. The number of halogens is 5. The summed E-state index contributed by atoms with van der Waals surface area (Å²) in [7, 11) is -4.06. The number of anilines is 2. The number of sulfonamides is 1. The molecule has 0 aromatic heterocycles. The van der Waals surface area contributed by atoms with Crippen LogP contribution >= 0.6 is 0 Å². The van der Waals surface area contributed by atoms with Crippen LogP contribution in [0.4, 0.5) is 33.3 Å². The minimum atomic E-state index is -4.62. The molecule has 0 heterocycles. The van der Waals surface area contributed by atoms with Gasteiger partial charge >= 0.3 is 6.18 Å². The number of amides is 1. The van der Waals surface area contributed by atoms with Gasteiger partial charge in [0.15, 0.2) is 11.6 Å². The van der Waals surface area contributed by atoms with Gasteiger partial charge in [-0.05, 0) is 30.3 Å². The van der Waals surface area contributed by atoms with Crippen molar-refractivity contribution in [1.82, 2.24) is 0 Å². The predicted octanol–water partition coefficient (Wildman–Crippen LogP) is 3.39. The number of carbonyl (C=O) groups excluding carboxylic acids is 1. The van der Waals surface area contributed by atoms with Crippen molar-refractivity contribution in [3.05, 3.63) is 59.7 Å². The van der Waals surface area contributed by atoms with E-state index >= 15 is 0 Å². The largest absolute Gasteiger partial charge is 0.416 e. The topological polar surface area (TPSA) is 66.5 Å². The zero-order chi connectivity index (χ0) is 20.4. The molecular weight excluding hydrogens is 395 g/mol. The summed E-state index contributed by atoms with van der Waals surface area (Å²) in [6.07, 6.45) is -3.88. The second kappa shape index (κ2) is 7.51. The van der Waals surface area contributed by atoms with Crippen LogP contribution in [0.2, 0.25) is 0 Å². The van der Waals surface area contributed by atoms with Crippen molar-refractivity contribution in [3.8, 4) is 0 Å². The van der Waals surface area contributed by atoms with Crippen LogP contribution in [0.3, 0.4) is 0 Å². The third-order valence-corrected chi connectivity index (χ3v) is 4.49. The summed E-state index contributed by atoms with van der Waals surface area (Å²) in [5, 5.41) is 2.14. The van der Waals surface area contributed by atoms with Crippen LogP contribution < -0.4 is 9.62 Å². The monoisotopic (exact) mass is 408 g/mol. The van der Waals surface area contributed by atoms with Crippen molar-refractivity contribution in [2.45, 2.75) is 6.18 Å². The standard InChI is InChI=1S/C16H13F5N2O3S/c1-27(25,26)23(12-5-6-13(17)14(18)8-12)9-15(24)22-11-4-2-3-10(7-11)16(19,20)21/h2-8H,9H2,1H3,(H,22,24). The fourth-order valence-corrected chi connectivity index (χ4v) is 2.99. The molecule has 0 aliphatic carbocycles.